The van der Waals surface area contributed by atoms with Crippen LogP contribution >= 0.6 is 34.8 Å². The molecule has 7 nitrogen and oxygen atoms in total. The highest BCUT2D eigenvalue weighted by atomic mass is 35.5. The first-order chi connectivity index (χ1) is 16.7. The SMILES string of the molecule is CC[C@H](C(=O)NCC(C)C)N(Cc1ccc(Cl)cc1Cl)C(=O)CN(c1ccc(C)c(Cl)c1)S(C)(=O)=O. The second-order valence-corrected chi connectivity index (χ2v) is 12.2. The number of carbonyl (C=O) groups excluding carboxylic acids is 2. The molecule has 198 valence electrons. The van der Waals surface area contributed by atoms with E-state index in [9.17, 15) is 18.0 Å². The molecule has 0 spiro atoms. The third-order valence-corrected chi connectivity index (χ3v) is 7.68. The molecule has 0 bridgehead atoms. The van der Waals surface area contributed by atoms with Gasteiger partial charge in [0.2, 0.25) is 21.8 Å². The molecule has 2 amide bonds. The zero-order valence-corrected chi connectivity index (χ0v) is 24.1. The van der Waals surface area contributed by atoms with E-state index in [2.05, 4.69) is 5.32 Å². The Bertz CT molecular complexity index is 1210. The Labute approximate surface area is 228 Å². The standard InChI is InChI=1S/C25H32Cl3N3O4S/c1-6-23(25(33)29-13-16(2)3)30(14-18-8-9-19(26)11-22(18)28)24(32)15-31(36(5,34)35)20-10-7-17(4)21(27)12-20/h7-12,16,23H,6,13-15H2,1-5H3,(H,29,33)/t23-/m1/s1. The van der Waals surface area contributed by atoms with Gasteiger partial charge in [0, 0.05) is 28.2 Å². The van der Waals surface area contributed by atoms with Crippen molar-refractivity contribution in [3.63, 3.8) is 0 Å². The van der Waals surface area contributed by atoms with Crippen molar-refractivity contribution >= 4 is 62.3 Å². The molecule has 0 aromatic heterocycles. The van der Waals surface area contributed by atoms with Crippen molar-refractivity contribution in [3.05, 3.63) is 62.6 Å². The molecule has 0 aliphatic rings. The topological polar surface area (TPSA) is 86.8 Å². The molecule has 0 saturated heterocycles. The molecule has 2 rings (SSSR count). The first-order valence-corrected chi connectivity index (χ1v) is 14.5. The monoisotopic (exact) mass is 575 g/mol. The quantitative estimate of drug-likeness (QED) is 0.393. The van der Waals surface area contributed by atoms with Crippen LogP contribution in [-0.4, -0.2) is 50.5 Å². The Morgan fingerprint density at radius 1 is 1.03 bits per heavy atom. The van der Waals surface area contributed by atoms with Crippen LogP contribution in [0, 0.1) is 12.8 Å². The number of anilines is 1. The summed E-state index contributed by atoms with van der Waals surface area (Å²) >= 11 is 18.6. The van der Waals surface area contributed by atoms with E-state index < -0.39 is 28.5 Å². The van der Waals surface area contributed by atoms with Gasteiger partial charge in [-0.1, -0.05) is 67.7 Å². The summed E-state index contributed by atoms with van der Waals surface area (Å²) in [6, 6.07) is 8.80. The number of amides is 2. The Kier molecular flexibility index (Phi) is 10.9. The average molecular weight is 577 g/mol. The smallest absolute Gasteiger partial charge is 0.244 e. The maximum atomic E-state index is 13.7. The lowest BCUT2D eigenvalue weighted by Gasteiger charge is -2.33. The van der Waals surface area contributed by atoms with Gasteiger partial charge in [-0.15, -0.1) is 0 Å². The molecule has 0 unspecified atom stereocenters. The van der Waals surface area contributed by atoms with Crippen molar-refractivity contribution in [1.29, 1.82) is 0 Å². The number of nitrogens with one attached hydrogen (secondary N) is 1. The number of hydrogen-bond donors (Lipinski definition) is 1. The molecule has 0 aliphatic carbocycles. The van der Waals surface area contributed by atoms with Crippen LogP contribution < -0.4 is 9.62 Å². The largest absolute Gasteiger partial charge is 0.354 e. The van der Waals surface area contributed by atoms with Gasteiger partial charge < -0.3 is 10.2 Å². The number of rotatable bonds is 11. The van der Waals surface area contributed by atoms with Crippen molar-refractivity contribution in [2.24, 2.45) is 5.92 Å². The first-order valence-electron chi connectivity index (χ1n) is 11.5. The zero-order valence-electron chi connectivity index (χ0n) is 21.0. The molecular weight excluding hydrogens is 545 g/mol. The molecular formula is C25H32Cl3N3O4S. The Hall–Kier alpha value is -2.00. The van der Waals surface area contributed by atoms with E-state index in [1.165, 1.54) is 11.0 Å². The molecule has 2 aromatic carbocycles. The molecule has 11 heteroatoms. The highest BCUT2D eigenvalue weighted by Crippen LogP contribution is 2.27. The number of carbonyl (C=O) groups is 2. The lowest BCUT2D eigenvalue weighted by molar-refractivity contribution is -0.140. The van der Waals surface area contributed by atoms with E-state index in [0.717, 1.165) is 16.1 Å². The minimum atomic E-state index is -3.85. The van der Waals surface area contributed by atoms with E-state index in [1.54, 1.807) is 44.2 Å². The molecule has 36 heavy (non-hydrogen) atoms. The lowest BCUT2D eigenvalue weighted by atomic mass is 10.1. The van der Waals surface area contributed by atoms with Gasteiger partial charge in [0.25, 0.3) is 0 Å². The Morgan fingerprint density at radius 2 is 1.69 bits per heavy atom. The summed E-state index contributed by atoms with van der Waals surface area (Å²) in [7, 11) is -3.85. The molecule has 1 N–H and O–H groups in total. The van der Waals surface area contributed by atoms with Crippen LogP contribution in [0.5, 0.6) is 0 Å². The minimum absolute atomic E-state index is 0.00526. The number of nitrogens with zero attached hydrogens (tertiary/aromatic N) is 2. The molecule has 1 atom stereocenters. The molecule has 0 saturated carbocycles. The summed E-state index contributed by atoms with van der Waals surface area (Å²) in [5, 5.41) is 4.01. The summed E-state index contributed by atoms with van der Waals surface area (Å²) in [5.74, 6) is -0.670. The normalized spacial score (nSPS) is 12.4. The van der Waals surface area contributed by atoms with Gasteiger partial charge in [0.05, 0.1) is 11.9 Å². The van der Waals surface area contributed by atoms with Crippen molar-refractivity contribution in [2.75, 3.05) is 23.7 Å². The molecule has 2 aromatic rings. The van der Waals surface area contributed by atoms with E-state index in [-0.39, 0.29) is 24.1 Å². The van der Waals surface area contributed by atoms with Gasteiger partial charge in [-0.25, -0.2) is 8.42 Å². The molecule has 0 radical (unpaired) electrons. The Balaban J connectivity index is 2.48. The van der Waals surface area contributed by atoms with E-state index in [1.807, 2.05) is 13.8 Å². The maximum absolute atomic E-state index is 13.7. The van der Waals surface area contributed by atoms with Gasteiger partial charge >= 0.3 is 0 Å². The predicted molar refractivity (Wildman–Crippen MR) is 147 cm³/mol. The van der Waals surface area contributed by atoms with E-state index in [4.69, 9.17) is 34.8 Å². The second-order valence-electron chi connectivity index (χ2n) is 9.02. The van der Waals surface area contributed by atoms with Gasteiger partial charge in [-0.05, 0) is 54.7 Å². The zero-order chi connectivity index (χ0) is 27.2. The van der Waals surface area contributed by atoms with Gasteiger partial charge in [-0.3, -0.25) is 13.9 Å². The summed E-state index contributed by atoms with van der Waals surface area (Å²) < 4.78 is 26.3. The predicted octanol–water partition coefficient (Wildman–Crippen LogP) is 5.30. The van der Waals surface area contributed by atoms with Crippen LogP contribution in [0.1, 0.15) is 38.3 Å². The second kappa shape index (κ2) is 13.0. The number of aryl methyl sites for hydroxylation is 1. The van der Waals surface area contributed by atoms with Gasteiger partial charge in [0.15, 0.2) is 0 Å². The molecule has 0 fully saturated rings. The van der Waals surface area contributed by atoms with Crippen LogP contribution in [0.3, 0.4) is 0 Å². The lowest BCUT2D eigenvalue weighted by Crippen LogP contribution is -2.52. The fourth-order valence-electron chi connectivity index (χ4n) is 3.53. The number of hydrogen-bond acceptors (Lipinski definition) is 4. The number of sulfonamides is 1. The van der Waals surface area contributed by atoms with E-state index >= 15 is 0 Å². The van der Waals surface area contributed by atoms with Crippen LogP contribution in [0.4, 0.5) is 5.69 Å². The fraction of sp³-hybridized carbons (Fsp3) is 0.440. The minimum Gasteiger partial charge on any atom is -0.354 e. The highest BCUT2D eigenvalue weighted by Gasteiger charge is 2.32. The van der Waals surface area contributed by atoms with Crippen LogP contribution in [0.15, 0.2) is 36.4 Å². The Morgan fingerprint density at radius 3 is 2.22 bits per heavy atom. The van der Waals surface area contributed by atoms with Gasteiger partial charge in [0.1, 0.15) is 12.6 Å². The van der Waals surface area contributed by atoms with Crippen molar-refractivity contribution in [3.8, 4) is 0 Å². The number of halogens is 3. The van der Waals surface area contributed by atoms with Crippen LogP contribution in [0.25, 0.3) is 0 Å². The van der Waals surface area contributed by atoms with Crippen molar-refractivity contribution in [2.45, 2.75) is 46.7 Å². The fourth-order valence-corrected chi connectivity index (χ4v) is 5.01. The summed E-state index contributed by atoms with van der Waals surface area (Å²) in [6.45, 7) is 7.43. The highest BCUT2D eigenvalue weighted by molar-refractivity contribution is 7.92. The van der Waals surface area contributed by atoms with Gasteiger partial charge in [-0.2, -0.15) is 0 Å². The van der Waals surface area contributed by atoms with E-state index in [0.29, 0.717) is 33.6 Å². The first kappa shape index (κ1) is 30.2. The molecule has 0 heterocycles. The summed E-state index contributed by atoms with van der Waals surface area (Å²) in [4.78, 5) is 28.1. The summed E-state index contributed by atoms with van der Waals surface area (Å²) in [5.41, 5.74) is 1.60. The van der Waals surface area contributed by atoms with Crippen molar-refractivity contribution < 1.29 is 18.0 Å². The average Bonchev–Trinajstić information content (AvgIpc) is 2.78. The van der Waals surface area contributed by atoms with Crippen LogP contribution in [-0.2, 0) is 26.2 Å². The van der Waals surface area contributed by atoms with Crippen molar-refractivity contribution in [1.82, 2.24) is 10.2 Å². The third-order valence-electron chi connectivity index (χ3n) is 5.55. The number of benzene rings is 2. The van der Waals surface area contributed by atoms with Crippen LogP contribution in [0.2, 0.25) is 15.1 Å². The maximum Gasteiger partial charge on any atom is 0.244 e. The third kappa shape index (κ3) is 8.26. The summed E-state index contributed by atoms with van der Waals surface area (Å²) in [6.07, 6.45) is 1.33. The molecule has 0 aliphatic heterocycles.